The predicted octanol–water partition coefficient (Wildman–Crippen LogP) is 7.31. The van der Waals surface area contributed by atoms with Crippen LogP contribution >= 0.6 is 0 Å². The SMILES string of the molecule is CC/C=C/CCC1CC[Si]2(CC1)CCC(c1ccc(F)cc1)CC2. The molecule has 24 heavy (non-hydrogen) atoms. The van der Waals surface area contributed by atoms with Gasteiger partial charge in [0.15, 0.2) is 0 Å². The fourth-order valence-electron chi connectivity index (χ4n) is 4.99. The van der Waals surface area contributed by atoms with Gasteiger partial charge in [0.25, 0.3) is 0 Å². The van der Waals surface area contributed by atoms with E-state index in [0.717, 1.165) is 5.92 Å². The van der Waals surface area contributed by atoms with Gasteiger partial charge in [-0.1, -0.05) is 68.2 Å². The van der Waals surface area contributed by atoms with Crippen LogP contribution in [0.5, 0.6) is 0 Å². The van der Waals surface area contributed by atoms with Gasteiger partial charge >= 0.3 is 0 Å². The van der Waals surface area contributed by atoms with Crippen molar-refractivity contribution in [2.75, 3.05) is 0 Å². The maximum absolute atomic E-state index is 13.1. The highest BCUT2D eigenvalue weighted by molar-refractivity contribution is 6.80. The van der Waals surface area contributed by atoms with E-state index >= 15 is 0 Å². The number of rotatable bonds is 5. The van der Waals surface area contributed by atoms with Crippen LogP contribution in [0.2, 0.25) is 24.2 Å². The van der Waals surface area contributed by atoms with Crippen molar-refractivity contribution in [1.29, 1.82) is 0 Å². The number of hydrogen-bond acceptors (Lipinski definition) is 0. The maximum Gasteiger partial charge on any atom is 0.123 e. The third-order valence-electron chi connectivity index (χ3n) is 6.70. The quantitative estimate of drug-likeness (QED) is 0.388. The summed E-state index contributed by atoms with van der Waals surface area (Å²) in [5.41, 5.74) is 1.37. The normalized spacial score (nSPS) is 30.9. The molecule has 1 aromatic rings. The monoisotopic (exact) mass is 344 g/mol. The van der Waals surface area contributed by atoms with E-state index in [4.69, 9.17) is 0 Å². The molecule has 2 saturated heterocycles. The Kier molecular flexibility index (Phi) is 6.32. The van der Waals surface area contributed by atoms with Crippen molar-refractivity contribution in [2.24, 2.45) is 5.92 Å². The number of benzene rings is 1. The molecule has 0 aliphatic carbocycles. The highest BCUT2D eigenvalue weighted by atomic mass is 28.3. The molecule has 0 aromatic heterocycles. The van der Waals surface area contributed by atoms with Gasteiger partial charge < -0.3 is 0 Å². The van der Waals surface area contributed by atoms with Crippen LogP contribution in [0.4, 0.5) is 4.39 Å². The molecule has 0 nitrogen and oxygen atoms in total. The van der Waals surface area contributed by atoms with Crippen molar-refractivity contribution in [1.82, 2.24) is 0 Å². The molecule has 0 unspecified atom stereocenters. The van der Waals surface area contributed by atoms with Crippen molar-refractivity contribution in [2.45, 2.75) is 82.0 Å². The Morgan fingerprint density at radius 1 is 0.958 bits per heavy atom. The van der Waals surface area contributed by atoms with Gasteiger partial charge in [0.2, 0.25) is 0 Å². The average Bonchev–Trinajstić information content (AvgIpc) is 2.62. The third-order valence-corrected chi connectivity index (χ3v) is 12.1. The summed E-state index contributed by atoms with van der Waals surface area (Å²) in [6.45, 7) is 2.22. The van der Waals surface area contributed by atoms with E-state index in [1.165, 1.54) is 62.6 Å². The summed E-state index contributed by atoms with van der Waals surface area (Å²) in [5.74, 6) is 1.59. The lowest BCUT2D eigenvalue weighted by Crippen LogP contribution is -2.41. The molecule has 2 heteroatoms. The molecule has 1 spiro atoms. The molecule has 0 bridgehead atoms. The summed E-state index contributed by atoms with van der Waals surface area (Å²) in [6, 6.07) is 13.5. The molecule has 2 fully saturated rings. The van der Waals surface area contributed by atoms with Crippen LogP contribution in [-0.4, -0.2) is 8.07 Å². The molecule has 132 valence electrons. The topological polar surface area (TPSA) is 0 Å². The zero-order chi connectivity index (χ0) is 16.8. The van der Waals surface area contributed by atoms with Gasteiger partial charge in [-0.25, -0.2) is 4.39 Å². The molecule has 0 radical (unpaired) electrons. The first-order valence-corrected chi connectivity index (χ1v) is 12.9. The first kappa shape index (κ1) is 17.9. The highest BCUT2D eigenvalue weighted by Gasteiger charge is 2.40. The van der Waals surface area contributed by atoms with Gasteiger partial charge in [0, 0.05) is 0 Å². The van der Waals surface area contributed by atoms with Crippen LogP contribution in [0, 0.1) is 11.7 Å². The number of halogens is 1. The average molecular weight is 345 g/mol. The third kappa shape index (κ3) is 4.59. The summed E-state index contributed by atoms with van der Waals surface area (Å²) >= 11 is 0. The molecule has 0 saturated carbocycles. The maximum atomic E-state index is 13.1. The van der Waals surface area contributed by atoms with E-state index in [1.54, 1.807) is 24.2 Å². The Bertz CT molecular complexity index is 515. The van der Waals surface area contributed by atoms with Gasteiger partial charge in [0.05, 0.1) is 8.07 Å². The summed E-state index contributed by atoms with van der Waals surface area (Å²) in [5, 5.41) is 0. The first-order chi connectivity index (χ1) is 11.7. The molecular weight excluding hydrogens is 311 g/mol. The number of hydrogen-bond donors (Lipinski definition) is 0. The highest BCUT2D eigenvalue weighted by Crippen LogP contribution is 2.47. The van der Waals surface area contributed by atoms with Crippen molar-refractivity contribution in [3.05, 3.63) is 47.8 Å². The Hall–Kier alpha value is -0.893. The molecule has 2 aliphatic rings. The molecule has 2 aliphatic heterocycles. The van der Waals surface area contributed by atoms with E-state index in [9.17, 15) is 4.39 Å². The van der Waals surface area contributed by atoms with Crippen LogP contribution in [0.25, 0.3) is 0 Å². The van der Waals surface area contributed by atoms with Crippen LogP contribution in [-0.2, 0) is 0 Å². The zero-order valence-corrected chi connectivity index (χ0v) is 16.3. The van der Waals surface area contributed by atoms with Gasteiger partial charge in [-0.2, -0.15) is 0 Å². The Morgan fingerprint density at radius 3 is 2.21 bits per heavy atom. The Balaban J connectivity index is 1.45. The fraction of sp³-hybridized carbons (Fsp3) is 0.636. The van der Waals surface area contributed by atoms with E-state index in [0.29, 0.717) is 5.92 Å². The smallest absolute Gasteiger partial charge is 0.123 e. The van der Waals surface area contributed by atoms with Crippen molar-refractivity contribution < 1.29 is 4.39 Å². The second kappa shape index (κ2) is 8.47. The minimum atomic E-state index is -0.944. The lowest BCUT2D eigenvalue weighted by Gasteiger charge is -2.43. The van der Waals surface area contributed by atoms with Gasteiger partial charge in [-0.15, -0.1) is 0 Å². The molecular formula is C22H33FSi. The van der Waals surface area contributed by atoms with Crippen LogP contribution < -0.4 is 0 Å². The minimum absolute atomic E-state index is 0.104. The Morgan fingerprint density at radius 2 is 1.58 bits per heavy atom. The summed E-state index contributed by atoms with van der Waals surface area (Å²) in [7, 11) is -0.944. The van der Waals surface area contributed by atoms with Crippen LogP contribution in [0.3, 0.4) is 0 Å². The first-order valence-electron chi connectivity index (χ1n) is 10.1. The van der Waals surface area contributed by atoms with E-state index in [1.807, 2.05) is 12.1 Å². The predicted molar refractivity (Wildman–Crippen MR) is 105 cm³/mol. The van der Waals surface area contributed by atoms with Crippen LogP contribution in [0.1, 0.15) is 63.4 Å². The summed E-state index contributed by atoms with van der Waals surface area (Å²) in [4.78, 5) is 0. The standard InChI is InChI=1S/C22H33FSi/c1-2-3-4-5-6-19-11-15-24(16-12-19)17-13-21(14-18-24)20-7-9-22(23)10-8-20/h3-4,7-10,19,21H,2,5-6,11-18H2,1H3/b4-3+. The Labute approximate surface area is 148 Å². The lowest BCUT2D eigenvalue weighted by atomic mass is 9.93. The van der Waals surface area contributed by atoms with Crippen molar-refractivity contribution >= 4 is 8.07 Å². The largest absolute Gasteiger partial charge is 0.207 e. The fourth-order valence-corrected chi connectivity index (χ4v) is 10.5. The summed E-state index contributed by atoms with van der Waals surface area (Å²) in [6.07, 6.45) is 14.3. The molecule has 0 N–H and O–H groups in total. The molecule has 3 rings (SSSR count). The second-order valence-corrected chi connectivity index (χ2v) is 13.2. The molecule has 1 aromatic carbocycles. The van der Waals surface area contributed by atoms with Crippen molar-refractivity contribution in [3.8, 4) is 0 Å². The summed E-state index contributed by atoms with van der Waals surface area (Å²) < 4.78 is 13.1. The molecule has 2 heterocycles. The zero-order valence-electron chi connectivity index (χ0n) is 15.3. The second-order valence-electron chi connectivity index (χ2n) is 8.23. The van der Waals surface area contributed by atoms with Crippen molar-refractivity contribution in [3.63, 3.8) is 0 Å². The number of allylic oxidation sites excluding steroid dienone is 2. The van der Waals surface area contributed by atoms with E-state index in [-0.39, 0.29) is 5.82 Å². The van der Waals surface area contributed by atoms with E-state index < -0.39 is 8.07 Å². The van der Waals surface area contributed by atoms with Crippen LogP contribution in [0.15, 0.2) is 36.4 Å². The van der Waals surface area contributed by atoms with Gasteiger partial charge in [0.1, 0.15) is 5.82 Å². The van der Waals surface area contributed by atoms with E-state index in [2.05, 4.69) is 19.1 Å². The van der Waals surface area contributed by atoms with Gasteiger partial charge in [-0.05, 0) is 61.6 Å². The lowest BCUT2D eigenvalue weighted by molar-refractivity contribution is 0.428. The molecule has 0 atom stereocenters. The van der Waals surface area contributed by atoms with Gasteiger partial charge in [-0.3, -0.25) is 0 Å². The minimum Gasteiger partial charge on any atom is -0.207 e. The molecule has 0 amide bonds.